The van der Waals surface area contributed by atoms with E-state index in [1.54, 1.807) is 12.3 Å². The lowest BCUT2D eigenvalue weighted by Gasteiger charge is -2.39. The lowest BCUT2D eigenvalue weighted by molar-refractivity contribution is 0.143. The normalized spacial score (nSPS) is 22.4. The summed E-state index contributed by atoms with van der Waals surface area (Å²) in [4.78, 5) is 11.3. The van der Waals surface area contributed by atoms with Crippen LogP contribution in [0, 0.1) is 17.6 Å². The lowest BCUT2D eigenvalue weighted by Crippen LogP contribution is -2.47. The zero-order chi connectivity index (χ0) is 18.0. The maximum absolute atomic E-state index is 14.2. The number of aliphatic hydroxyl groups excluding tert-OH is 2. The molecule has 0 aliphatic carbocycles. The molecule has 0 radical (unpaired) electrons. The molecule has 2 N–H and O–H groups in total. The van der Waals surface area contributed by atoms with Crippen LogP contribution in [0.15, 0.2) is 40.5 Å². The standard InChI is InChI=1S/C16H17ClF2N4O2/c17-14-10-3-2-6-23(13-11(18)4-1-5-12(13)19)15(10)21-16(20-14)22(9-25)7-8-24/h1-2,4-6,10,15,24-25H,3,7-9H2. The van der Waals surface area contributed by atoms with Crippen LogP contribution in [0.3, 0.4) is 0 Å². The highest BCUT2D eigenvalue weighted by molar-refractivity contribution is 6.66. The molecule has 134 valence electrons. The number of fused-ring (bicyclic) bond motifs is 1. The number of benzene rings is 1. The number of aliphatic hydroxyl groups is 2. The number of hydrogen-bond donors (Lipinski definition) is 2. The molecule has 1 aromatic rings. The van der Waals surface area contributed by atoms with E-state index in [9.17, 15) is 13.9 Å². The summed E-state index contributed by atoms with van der Waals surface area (Å²) in [6.45, 7) is -0.537. The van der Waals surface area contributed by atoms with E-state index >= 15 is 0 Å². The van der Waals surface area contributed by atoms with Gasteiger partial charge < -0.3 is 20.0 Å². The van der Waals surface area contributed by atoms with Crippen molar-refractivity contribution in [1.82, 2.24) is 4.90 Å². The first-order chi connectivity index (χ1) is 12.1. The third-order valence-electron chi connectivity index (χ3n) is 4.08. The molecule has 25 heavy (non-hydrogen) atoms. The number of allylic oxidation sites excluding steroid dienone is 1. The lowest BCUT2D eigenvalue weighted by atomic mass is 9.97. The van der Waals surface area contributed by atoms with Gasteiger partial charge in [0.05, 0.1) is 12.5 Å². The average Bonchev–Trinajstić information content (AvgIpc) is 2.60. The van der Waals surface area contributed by atoms with Crippen molar-refractivity contribution in [3.8, 4) is 0 Å². The summed E-state index contributed by atoms with van der Waals surface area (Å²) in [5.74, 6) is -1.67. The number of guanidine groups is 1. The second-order valence-corrected chi connectivity index (χ2v) is 6.00. The first kappa shape index (κ1) is 17.8. The van der Waals surface area contributed by atoms with Gasteiger partial charge in [-0.05, 0) is 18.6 Å². The van der Waals surface area contributed by atoms with Gasteiger partial charge >= 0.3 is 0 Å². The highest BCUT2D eigenvalue weighted by Crippen LogP contribution is 2.35. The van der Waals surface area contributed by atoms with Crippen LogP contribution in [-0.4, -0.2) is 52.3 Å². The van der Waals surface area contributed by atoms with Crippen molar-refractivity contribution in [2.24, 2.45) is 15.9 Å². The molecule has 0 amide bonds. The highest BCUT2D eigenvalue weighted by Gasteiger charge is 2.37. The summed E-state index contributed by atoms with van der Waals surface area (Å²) in [7, 11) is 0. The van der Waals surface area contributed by atoms with Crippen LogP contribution in [0.2, 0.25) is 0 Å². The summed E-state index contributed by atoms with van der Waals surface area (Å²) in [5, 5.41) is 18.8. The molecule has 0 fully saturated rings. The summed E-state index contributed by atoms with van der Waals surface area (Å²) < 4.78 is 28.4. The number of para-hydroxylation sites is 1. The van der Waals surface area contributed by atoms with Crippen LogP contribution < -0.4 is 4.90 Å². The Hall–Kier alpha value is -2.03. The zero-order valence-corrected chi connectivity index (χ0v) is 13.9. The van der Waals surface area contributed by atoms with E-state index in [4.69, 9.17) is 16.7 Å². The van der Waals surface area contributed by atoms with Gasteiger partial charge in [0.15, 0.2) is 0 Å². The summed E-state index contributed by atoms with van der Waals surface area (Å²) >= 11 is 6.27. The Morgan fingerprint density at radius 2 is 2.00 bits per heavy atom. The van der Waals surface area contributed by atoms with Crippen LogP contribution in [0.4, 0.5) is 14.5 Å². The van der Waals surface area contributed by atoms with Crippen LogP contribution in [0.5, 0.6) is 0 Å². The number of nitrogens with zero attached hydrogens (tertiary/aromatic N) is 4. The molecule has 2 aliphatic heterocycles. The van der Waals surface area contributed by atoms with Gasteiger partial charge in [0.2, 0.25) is 5.96 Å². The molecular formula is C16H17ClF2N4O2. The van der Waals surface area contributed by atoms with E-state index in [0.29, 0.717) is 6.42 Å². The number of aliphatic imine (C=N–C) groups is 2. The van der Waals surface area contributed by atoms with E-state index in [-0.39, 0.29) is 35.9 Å². The van der Waals surface area contributed by atoms with E-state index in [1.807, 2.05) is 0 Å². The van der Waals surface area contributed by atoms with Crippen molar-refractivity contribution in [2.75, 3.05) is 24.8 Å². The third-order valence-corrected chi connectivity index (χ3v) is 4.45. The first-order valence-electron chi connectivity index (χ1n) is 7.74. The summed E-state index contributed by atoms with van der Waals surface area (Å²) in [6, 6.07) is 3.63. The van der Waals surface area contributed by atoms with Gasteiger partial charge in [0.1, 0.15) is 35.4 Å². The Bertz CT molecular complexity index is 721. The molecule has 3 rings (SSSR count). The number of anilines is 1. The van der Waals surface area contributed by atoms with Crippen LogP contribution in [0.1, 0.15) is 6.42 Å². The minimum atomic E-state index is -0.713. The summed E-state index contributed by atoms with van der Waals surface area (Å²) in [6.07, 6.45) is 3.14. The molecule has 1 aromatic carbocycles. The predicted molar refractivity (Wildman–Crippen MR) is 91.5 cm³/mol. The van der Waals surface area contributed by atoms with Crippen molar-refractivity contribution in [2.45, 2.75) is 12.6 Å². The van der Waals surface area contributed by atoms with E-state index < -0.39 is 24.5 Å². The minimum Gasteiger partial charge on any atom is -0.395 e. The number of rotatable bonds is 4. The Morgan fingerprint density at radius 3 is 2.64 bits per heavy atom. The van der Waals surface area contributed by atoms with Gasteiger partial charge in [-0.2, -0.15) is 0 Å². The van der Waals surface area contributed by atoms with Gasteiger partial charge in [0.25, 0.3) is 0 Å². The van der Waals surface area contributed by atoms with Gasteiger partial charge in [-0.3, -0.25) is 0 Å². The van der Waals surface area contributed by atoms with E-state index in [0.717, 1.165) is 0 Å². The van der Waals surface area contributed by atoms with Crippen molar-refractivity contribution in [3.05, 3.63) is 42.1 Å². The number of halogens is 3. The van der Waals surface area contributed by atoms with E-state index in [1.165, 1.54) is 28.0 Å². The molecule has 9 heteroatoms. The molecule has 0 bridgehead atoms. The molecule has 2 aliphatic rings. The molecule has 0 aromatic heterocycles. The van der Waals surface area contributed by atoms with E-state index in [2.05, 4.69) is 9.98 Å². The molecule has 2 heterocycles. The number of hydrogen-bond acceptors (Lipinski definition) is 6. The second kappa shape index (κ2) is 7.47. The Kier molecular flexibility index (Phi) is 5.31. The highest BCUT2D eigenvalue weighted by atomic mass is 35.5. The molecule has 2 atom stereocenters. The first-order valence-corrected chi connectivity index (χ1v) is 8.12. The molecule has 0 spiro atoms. The Labute approximate surface area is 148 Å². The smallest absolute Gasteiger partial charge is 0.225 e. The third kappa shape index (κ3) is 3.37. The molecular weight excluding hydrogens is 354 g/mol. The average molecular weight is 371 g/mol. The van der Waals surface area contributed by atoms with Crippen molar-refractivity contribution < 1.29 is 19.0 Å². The molecule has 0 saturated heterocycles. The Morgan fingerprint density at radius 1 is 1.28 bits per heavy atom. The maximum atomic E-state index is 14.2. The Balaban J connectivity index is 2.03. The second-order valence-electron chi connectivity index (χ2n) is 5.61. The fourth-order valence-electron chi connectivity index (χ4n) is 2.87. The minimum absolute atomic E-state index is 0.101. The van der Waals surface area contributed by atoms with Gasteiger partial charge in [-0.25, -0.2) is 18.8 Å². The van der Waals surface area contributed by atoms with Crippen molar-refractivity contribution in [1.29, 1.82) is 0 Å². The van der Waals surface area contributed by atoms with Crippen molar-refractivity contribution in [3.63, 3.8) is 0 Å². The van der Waals surface area contributed by atoms with Gasteiger partial charge in [0, 0.05) is 12.7 Å². The quantitative estimate of drug-likeness (QED) is 0.794. The van der Waals surface area contributed by atoms with Gasteiger partial charge in [-0.1, -0.05) is 23.7 Å². The molecule has 6 nitrogen and oxygen atoms in total. The van der Waals surface area contributed by atoms with Gasteiger partial charge in [-0.15, -0.1) is 0 Å². The molecule has 0 saturated carbocycles. The fraction of sp³-hybridized carbons (Fsp3) is 0.375. The SMILES string of the molecule is OCCN(CO)C1=NC2C(CC=CN2c2c(F)cccc2F)C(Cl)=N1. The van der Waals surface area contributed by atoms with Crippen molar-refractivity contribution >= 4 is 28.4 Å². The summed E-state index contributed by atoms with van der Waals surface area (Å²) in [5.41, 5.74) is -0.222. The van der Waals surface area contributed by atoms with Crippen LogP contribution in [0.25, 0.3) is 0 Å². The predicted octanol–water partition coefficient (Wildman–Crippen LogP) is 1.88. The topological polar surface area (TPSA) is 71.7 Å². The fourth-order valence-corrected chi connectivity index (χ4v) is 3.15. The zero-order valence-electron chi connectivity index (χ0n) is 13.2. The van der Waals surface area contributed by atoms with Crippen LogP contribution >= 0.6 is 11.6 Å². The largest absolute Gasteiger partial charge is 0.395 e. The van der Waals surface area contributed by atoms with Crippen LogP contribution in [-0.2, 0) is 0 Å². The molecule has 2 unspecified atom stereocenters. The monoisotopic (exact) mass is 370 g/mol. The maximum Gasteiger partial charge on any atom is 0.225 e.